The Kier molecular flexibility index (Phi) is 4.99. The highest BCUT2D eigenvalue weighted by molar-refractivity contribution is 5.43. The van der Waals surface area contributed by atoms with Crippen molar-refractivity contribution >= 4 is 0 Å². The molecule has 1 aromatic carbocycles. The lowest BCUT2D eigenvalue weighted by atomic mass is 10.0. The zero-order valence-electron chi connectivity index (χ0n) is 12.9. The van der Waals surface area contributed by atoms with Crippen LogP contribution in [0.15, 0.2) is 18.2 Å². The number of rotatable bonds is 5. The number of fused-ring (bicyclic) bond motifs is 1. The van der Waals surface area contributed by atoms with Gasteiger partial charge >= 0.3 is 0 Å². The Morgan fingerprint density at radius 1 is 1.14 bits per heavy atom. The fraction of sp³-hybridized carbons (Fsp3) is 0.647. The molecule has 4 heteroatoms. The van der Waals surface area contributed by atoms with E-state index in [-0.39, 0.29) is 0 Å². The summed E-state index contributed by atoms with van der Waals surface area (Å²) in [5, 5.41) is 3.68. The van der Waals surface area contributed by atoms with Gasteiger partial charge in [0, 0.05) is 12.6 Å². The molecule has 0 saturated carbocycles. The Morgan fingerprint density at radius 2 is 1.90 bits per heavy atom. The number of benzene rings is 1. The van der Waals surface area contributed by atoms with E-state index in [9.17, 15) is 0 Å². The van der Waals surface area contributed by atoms with Crippen LogP contribution < -0.4 is 14.8 Å². The molecule has 0 aliphatic carbocycles. The molecular weight excluding hydrogens is 264 g/mol. The van der Waals surface area contributed by atoms with E-state index in [1.54, 1.807) is 0 Å². The van der Waals surface area contributed by atoms with Crippen LogP contribution in [0.3, 0.4) is 0 Å². The van der Waals surface area contributed by atoms with Gasteiger partial charge in [-0.2, -0.15) is 0 Å². The molecule has 0 amide bonds. The lowest BCUT2D eigenvalue weighted by molar-refractivity contribution is 0.171. The second-order valence-electron chi connectivity index (χ2n) is 5.97. The van der Waals surface area contributed by atoms with Crippen LogP contribution in [0.4, 0.5) is 0 Å². The summed E-state index contributed by atoms with van der Waals surface area (Å²) in [7, 11) is 0. The molecule has 2 aliphatic heterocycles. The minimum absolute atomic E-state index is 0.645. The van der Waals surface area contributed by atoms with E-state index in [4.69, 9.17) is 9.47 Å². The summed E-state index contributed by atoms with van der Waals surface area (Å²) in [6, 6.07) is 6.90. The van der Waals surface area contributed by atoms with Crippen molar-refractivity contribution in [3.8, 4) is 11.5 Å². The average Bonchev–Trinajstić information content (AvgIpc) is 2.54. The largest absolute Gasteiger partial charge is 0.486 e. The van der Waals surface area contributed by atoms with E-state index in [1.807, 2.05) is 6.07 Å². The maximum absolute atomic E-state index is 5.64. The third kappa shape index (κ3) is 3.89. The van der Waals surface area contributed by atoms with Crippen LogP contribution in [-0.2, 0) is 6.54 Å². The topological polar surface area (TPSA) is 33.7 Å². The monoisotopic (exact) mass is 290 g/mol. The fourth-order valence-corrected chi connectivity index (χ4v) is 3.14. The molecule has 1 aromatic rings. The first kappa shape index (κ1) is 14.7. The van der Waals surface area contributed by atoms with Crippen molar-refractivity contribution < 1.29 is 9.47 Å². The smallest absolute Gasteiger partial charge is 0.161 e. The van der Waals surface area contributed by atoms with Gasteiger partial charge in [-0.1, -0.05) is 13.0 Å². The summed E-state index contributed by atoms with van der Waals surface area (Å²) < 4.78 is 11.2. The van der Waals surface area contributed by atoms with Gasteiger partial charge in [0.1, 0.15) is 13.2 Å². The van der Waals surface area contributed by atoms with E-state index in [1.165, 1.54) is 44.5 Å². The number of ether oxygens (including phenoxy) is 2. The van der Waals surface area contributed by atoms with Crippen LogP contribution in [-0.4, -0.2) is 43.8 Å². The first-order chi connectivity index (χ1) is 10.3. The molecule has 21 heavy (non-hydrogen) atoms. The fourth-order valence-electron chi connectivity index (χ4n) is 3.14. The van der Waals surface area contributed by atoms with E-state index < -0.39 is 0 Å². The lowest BCUT2D eigenvalue weighted by Crippen LogP contribution is -2.42. The highest BCUT2D eigenvalue weighted by Gasteiger charge is 2.18. The van der Waals surface area contributed by atoms with E-state index in [0.29, 0.717) is 19.3 Å². The molecule has 1 fully saturated rings. The summed E-state index contributed by atoms with van der Waals surface area (Å²) in [6.07, 6.45) is 3.77. The first-order valence-electron chi connectivity index (χ1n) is 8.19. The number of hydrogen-bond acceptors (Lipinski definition) is 4. The van der Waals surface area contributed by atoms with Crippen LogP contribution >= 0.6 is 0 Å². The third-order valence-corrected chi connectivity index (χ3v) is 4.33. The van der Waals surface area contributed by atoms with Gasteiger partial charge in [0.25, 0.3) is 0 Å². The molecule has 0 bridgehead atoms. The van der Waals surface area contributed by atoms with Crippen LogP contribution in [0.25, 0.3) is 0 Å². The predicted molar refractivity (Wildman–Crippen MR) is 84.0 cm³/mol. The van der Waals surface area contributed by atoms with Crippen LogP contribution in [0.2, 0.25) is 0 Å². The van der Waals surface area contributed by atoms with Gasteiger partial charge in [0.05, 0.1) is 0 Å². The summed E-state index contributed by atoms with van der Waals surface area (Å²) in [6.45, 7) is 8.18. The minimum atomic E-state index is 0.645. The predicted octanol–water partition coefficient (Wildman–Crippen LogP) is 2.42. The molecule has 1 N–H and O–H groups in total. The normalized spacial score (nSPS) is 19.7. The van der Waals surface area contributed by atoms with Gasteiger partial charge in [-0.05, 0) is 56.6 Å². The van der Waals surface area contributed by atoms with E-state index >= 15 is 0 Å². The maximum atomic E-state index is 5.64. The number of piperidine rings is 1. The number of nitrogens with one attached hydrogen (secondary N) is 1. The van der Waals surface area contributed by atoms with Crippen molar-refractivity contribution in [2.24, 2.45) is 0 Å². The van der Waals surface area contributed by atoms with Gasteiger partial charge in [-0.3, -0.25) is 0 Å². The molecule has 2 aliphatic rings. The van der Waals surface area contributed by atoms with Gasteiger partial charge in [0.2, 0.25) is 0 Å². The summed E-state index contributed by atoms with van der Waals surface area (Å²) in [5.74, 6) is 1.76. The Labute approximate surface area is 127 Å². The average molecular weight is 290 g/mol. The second kappa shape index (κ2) is 7.14. The molecule has 116 valence electrons. The van der Waals surface area contributed by atoms with E-state index in [0.717, 1.165) is 18.0 Å². The molecule has 0 aromatic heterocycles. The van der Waals surface area contributed by atoms with Gasteiger partial charge in [0.15, 0.2) is 11.5 Å². The number of hydrogen-bond donors (Lipinski definition) is 1. The minimum Gasteiger partial charge on any atom is -0.486 e. The second-order valence-corrected chi connectivity index (χ2v) is 5.97. The van der Waals surface area contributed by atoms with Crippen molar-refractivity contribution in [3.05, 3.63) is 23.8 Å². The number of likely N-dealkylation sites (tertiary alicyclic amines) is 1. The maximum Gasteiger partial charge on any atom is 0.161 e. The summed E-state index contributed by atoms with van der Waals surface area (Å²) >= 11 is 0. The van der Waals surface area contributed by atoms with E-state index in [2.05, 4.69) is 29.3 Å². The molecule has 0 spiro atoms. The van der Waals surface area contributed by atoms with Crippen LogP contribution in [0.1, 0.15) is 31.7 Å². The standard InChI is InChI=1S/C17H26N2O2/c1-2-7-19-8-5-15(6-9-19)18-13-14-3-4-16-17(12-14)21-11-10-20-16/h3-4,12,15,18H,2,5-11,13H2,1H3. The summed E-state index contributed by atoms with van der Waals surface area (Å²) in [4.78, 5) is 2.57. The molecule has 0 radical (unpaired) electrons. The summed E-state index contributed by atoms with van der Waals surface area (Å²) in [5.41, 5.74) is 1.27. The quantitative estimate of drug-likeness (QED) is 0.903. The van der Waals surface area contributed by atoms with Crippen molar-refractivity contribution in [2.75, 3.05) is 32.8 Å². The molecule has 0 unspecified atom stereocenters. The lowest BCUT2D eigenvalue weighted by Gasteiger charge is -2.32. The molecular formula is C17H26N2O2. The molecule has 3 rings (SSSR count). The Balaban J connectivity index is 1.47. The zero-order valence-corrected chi connectivity index (χ0v) is 12.9. The SMILES string of the molecule is CCCN1CCC(NCc2ccc3c(c2)OCCO3)CC1. The first-order valence-corrected chi connectivity index (χ1v) is 8.19. The molecule has 4 nitrogen and oxygen atoms in total. The Morgan fingerprint density at radius 3 is 2.67 bits per heavy atom. The molecule has 2 heterocycles. The molecule has 0 atom stereocenters. The number of nitrogens with zero attached hydrogens (tertiary/aromatic N) is 1. The highest BCUT2D eigenvalue weighted by Crippen LogP contribution is 2.30. The van der Waals surface area contributed by atoms with Gasteiger partial charge in [-0.25, -0.2) is 0 Å². The highest BCUT2D eigenvalue weighted by atomic mass is 16.6. The Hall–Kier alpha value is -1.26. The van der Waals surface area contributed by atoms with Crippen molar-refractivity contribution in [3.63, 3.8) is 0 Å². The van der Waals surface area contributed by atoms with Crippen molar-refractivity contribution in [1.82, 2.24) is 10.2 Å². The molecule has 1 saturated heterocycles. The van der Waals surface area contributed by atoms with Crippen molar-refractivity contribution in [1.29, 1.82) is 0 Å². The Bertz CT molecular complexity index is 456. The third-order valence-electron chi connectivity index (χ3n) is 4.33. The zero-order chi connectivity index (χ0) is 14.5. The van der Waals surface area contributed by atoms with Gasteiger partial charge < -0.3 is 19.7 Å². The van der Waals surface area contributed by atoms with Gasteiger partial charge in [-0.15, -0.1) is 0 Å². The van der Waals surface area contributed by atoms with Crippen LogP contribution in [0, 0.1) is 0 Å². The van der Waals surface area contributed by atoms with Crippen LogP contribution in [0.5, 0.6) is 11.5 Å². The van der Waals surface area contributed by atoms with Crippen molar-refractivity contribution in [2.45, 2.75) is 38.8 Å².